The Morgan fingerprint density at radius 2 is 1.80 bits per heavy atom. The van der Waals surface area contributed by atoms with Crippen LogP contribution in [0.4, 0.5) is 0 Å². The van der Waals surface area contributed by atoms with E-state index in [1.54, 1.807) is 19.1 Å². The average Bonchev–Trinajstić information content (AvgIpc) is 2.15. The molecule has 0 spiro atoms. The van der Waals surface area contributed by atoms with E-state index in [4.69, 9.17) is 10.2 Å². The number of benzene rings is 1. The van der Waals surface area contributed by atoms with Crippen molar-refractivity contribution in [1.29, 1.82) is 0 Å². The number of hydrogen-bond donors (Lipinski definition) is 2. The maximum absolute atomic E-state index is 11.1. The minimum absolute atomic E-state index is 0.143. The molecule has 0 bridgehead atoms. The molecule has 0 aromatic heterocycles. The summed E-state index contributed by atoms with van der Waals surface area (Å²) < 4.78 is 23.2. The van der Waals surface area contributed by atoms with Gasteiger partial charge in [0.1, 0.15) is 5.75 Å². The molecule has 1 aromatic carbocycles. The molecule has 0 fully saturated rings. The minimum Gasteiger partial charge on any atom is -0.508 e. The number of phenols is 1. The van der Waals surface area contributed by atoms with Gasteiger partial charge in [0, 0.05) is 13.1 Å². The highest BCUT2D eigenvalue weighted by molar-refractivity contribution is 7.86. The van der Waals surface area contributed by atoms with Crippen molar-refractivity contribution in [3.05, 3.63) is 29.8 Å². The van der Waals surface area contributed by atoms with E-state index >= 15 is 0 Å². The fourth-order valence-corrected chi connectivity index (χ4v) is 1.75. The zero-order chi connectivity index (χ0) is 11.6. The first-order valence-corrected chi connectivity index (χ1v) is 5.87. The Morgan fingerprint density at radius 1 is 1.33 bits per heavy atom. The largest absolute Gasteiger partial charge is 0.508 e. The smallest absolute Gasteiger partial charge is 0.277 e. The van der Waals surface area contributed by atoms with E-state index in [9.17, 15) is 8.42 Å². The molecule has 0 radical (unpaired) electrons. The fraction of sp³-hybridized carbons (Fsp3) is 0.333. The molecule has 84 valence electrons. The van der Waals surface area contributed by atoms with Crippen LogP contribution < -0.4 is 5.14 Å². The lowest BCUT2D eigenvalue weighted by atomic mass is 10.1. The Bertz CT molecular complexity index is 427. The van der Waals surface area contributed by atoms with Crippen LogP contribution in [-0.4, -0.2) is 24.9 Å². The van der Waals surface area contributed by atoms with Gasteiger partial charge in [-0.05, 0) is 24.6 Å². The van der Waals surface area contributed by atoms with Crippen molar-refractivity contribution in [3.8, 4) is 5.75 Å². The molecule has 0 amide bonds. The number of nitrogens with zero attached hydrogens (tertiary/aromatic N) is 1. The van der Waals surface area contributed by atoms with E-state index in [-0.39, 0.29) is 11.8 Å². The summed E-state index contributed by atoms with van der Waals surface area (Å²) in [4.78, 5) is 0. The van der Waals surface area contributed by atoms with E-state index in [0.29, 0.717) is 0 Å². The summed E-state index contributed by atoms with van der Waals surface area (Å²) in [5, 5.41) is 14.1. The van der Waals surface area contributed by atoms with Gasteiger partial charge in [0.15, 0.2) is 0 Å². The number of hydrogen-bond acceptors (Lipinski definition) is 3. The topological polar surface area (TPSA) is 83.6 Å². The third-order valence-corrected chi connectivity index (χ3v) is 3.44. The Morgan fingerprint density at radius 3 is 2.20 bits per heavy atom. The summed E-state index contributed by atoms with van der Waals surface area (Å²) >= 11 is 0. The lowest BCUT2D eigenvalue weighted by molar-refractivity contribution is 0.398. The van der Waals surface area contributed by atoms with Crippen LogP contribution in [0.2, 0.25) is 0 Å². The summed E-state index contributed by atoms with van der Waals surface area (Å²) in [6.45, 7) is 1.72. The lowest BCUT2D eigenvalue weighted by Crippen LogP contribution is -2.35. The van der Waals surface area contributed by atoms with Gasteiger partial charge in [0.2, 0.25) is 0 Å². The summed E-state index contributed by atoms with van der Waals surface area (Å²) in [6, 6.07) is 5.95. The molecule has 0 heterocycles. The maximum atomic E-state index is 11.1. The number of nitrogens with two attached hydrogens (primary N) is 1. The van der Waals surface area contributed by atoms with E-state index in [0.717, 1.165) is 9.87 Å². The molecule has 0 saturated carbocycles. The van der Waals surface area contributed by atoms with E-state index in [1.165, 1.54) is 19.2 Å². The first-order chi connectivity index (χ1) is 6.82. The zero-order valence-corrected chi connectivity index (χ0v) is 9.40. The molecule has 0 aliphatic heterocycles. The minimum atomic E-state index is -3.69. The van der Waals surface area contributed by atoms with Crippen molar-refractivity contribution >= 4 is 10.2 Å². The monoisotopic (exact) mass is 230 g/mol. The predicted octanol–water partition coefficient (Wildman–Crippen LogP) is 0.589. The Hall–Kier alpha value is -1.11. The molecular formula is C9H14N2O3S. The van der Waals surface area contributed by atoms with Crippen LogP contribution >= 0.6 is 0 Å². The van der Waals surface area contributed by atoms with E-state index in [2.05, 4.69) is 0 Å². The van der Waals surface area contributed by atoms with Crippen LogP contribution in [-0.2, 0) is 10.2 Å². The van der Waals surface area contributed by atoms with Crippen LogP contribution in [0.15, 0.2) is 24.3 Å². The van der Waals surface area contributed by atoms with Gasteiger partial charge >= 0.3 is 0 Å². The van der Waals surface area contributed by atoms with Gasteiger partial charge in [0.05, 0.1) is 0 Å². The van der Waals surface area contributed by atoms with Crippen molar-refractivity contribution < 1.29 is 13.5 Å². The van der Waals surface area contributed by atoms with Gasteiger partial charge in [-0.25, -0.2) is 5.14 Å². The second kappa shape index (κ2) is 4.18. The van der Waals surface area contributed by atoms with Crippen molar-refractivity contribution in [3.63, 3.8) is 0 Å². The molecule has 1 atom stereocenters. The highest BCUT2D eigenvalue weighted by Gasteiger charge is 2.20. The third kappa shape index (κ3) is 2.92. The Balaban J connectivity index is 2.95. The lowest BCUT2D eigenvalue weighted by Gasteiger charge is -2.22. The van der Waals surface area contributed by atoms with Crippen LogP contribution in [0.3, 0.4) is 0 Å². The molecule has 1 aromatic rings. The first kappa shape index (κ1) is 12.0. The fourth-order valence-electron chi connectivity index (χ4n) is 1.18. The molecule has 3 N–H and O–H groups in total. The highest BCUT2D eigenvalue weighted by atomic mass is 32.2. The summed E-state index contributed by atoms with van der Waals surface area (Å²) in [5.74, 6) is 0.143. The predicted molar refractivity (Wildman–Crippen MR) is 57.4 cm³/mol. The van der Waals surface area contributed by atoms with Crippen LogP contribution in [0, 0.1) is 0 Å². The Labute approximate surface area is 89.3 Å². The molecular weight excluding hydrogens is 216 g/mol. The molecule has 6 heteroatoms. The molecule has 0 aliphatic carbocycles. The zero-order valence-electron chi connectivity index (χ0n) is 8.58. The third-order valence-electron chi connectivity index (χ3n) is 2.32. The van der Waals surface area contributed by atoms with Crippen LogP contribution in [0.25, 0.3) is 0 Å². The van der Waals surface area contributed by atoms with Gasteiger partial charge in [-0.3, -0.25) is 0 Å². The van der Waals surface area contributed by atoms with Crippen LogP contribution in [0.1, 0.15) is 18.5 Å². The molecule has 1 rings (SSSR count). The van der Waals surface area contributed by atoms with Crippen molar-refractivity contribution in [1.82, 2.24) is 4.31 Å². The van der Waals surface area contributed by atoms with Crippen molar-refractivity contribution in [2.75, 3.05) is 7.05 Å². The molecule has 5 nitrogen and oxygen atoms in total. The van der Waals surface area contributed by atoms with E-state index in [1.807, 2.05) is 0 Å². The van der Waals surface area contributed by atoms with Gasteiger partial charge in [-0.15, -0.1) is 0 Å². The van der Waals surface area contributed by atoms with Gasteiger partial charge in [-0.2, -0.15) is 12.7 Å². The molecule has 15 heavy (non-hydrogen) atoms. The maximum Gasteiger partial charge on any atom is 0.277 e. The summed E-state index contributed by atoms with van der Waals surface area (Å²) in [7, 11) is -2.28. The SMILES string of the molecule is CC(c1ccc(O)cc1)N(C)S(N)(=O)=O. The average molecular weight is 230 g/mol. The first-order valence-electron chi connectivity index (χ1n) is 4.37. The normalized spacial score (nSPS) is 14.1. The van der Waals surface area contributed by atoms with Gasteiger partial charge in [-0.1, -0.05) is 12.1 Å². The molecule has 1 unspecified atom stereocenters. The van der Waals surface area contributed by atoms with Gasteiger partial charge in [0.25, 0.3) is 10.2 Å². The highest BCUT2D eigenvalue weighted by Crippen LogP contribution is 2.21. The standard InChI is InChI=1S/C9H14N2O3S/c1-7(11(2)15(10,13)14)8-3-5-9(12)6-4-8/h3-7,12H,1-2H3,(H2,10,13,14). The summed E-state index contributed by atoms with van der Waals surface area (Å²) in [5.41, 5.74) is 0.768. The van der Waals surface area contributed by atoms with E-state index < -0.39 is 10.2 Å². The molecule has 0 aliphatic rings. The quantitative estimate of drug-likeness (QED) is 0.797. The van der Waals surface area contributed by atoms with Crippen molar-refractivity contribution in [2.24, 2.45) is 5.14 Å². The number of aromatic hydroxyl groups is 1. The van der Waals surface area contributed by atoms with Crippen molar-refractivity contribution in [2.45, 2.75) is 13.0 Å². The Kier molecular flexibility index (Phi) is 3.33. The summed E-state index contributed by atoms with van der Waals surface area (Å²) in [6.07, 6.45) is 0. The van der Waals surface area contributed by atoms with Gasteiger partial charge < -0.3 is 5.11 Å². The number of phenolic OH excluding ortho intramolecular Hbond substituents is 1. The van der Waals surface area contributed by atoms with Crippen LogP contribution in [0.5, 0.6) is 5.75 Å². The number of rotatable bonds is 3. The second-order valence-electron chi connectivity index (χ2n) is 3.33. The molecule has 0 saturated heterocycles. The second-order valence-corrected chi connectivity index (χ2v) is 4.93.